The zero-order chi connectivity index (χ0) is 15.5. The monoisotopic (exact) mass is 300 g/mol. The number of nitrogens with two attached hydrogens (primary N) is 1. The lowest BCUT2D eigenvalue weighted by Gasteiger charge is -2.28. The molecule has 0 heterocycles. The predicted molar refractivity (Wildman–Crippen MR) is 81.3 cm³/mol. The van der Waals surface area contributed by atoms with Gasteiger partial charge in [0.1, 0.15) is 10.6 Å². The van der Waals surface area contributed by atoms with Gasteiger partial charge in [0.05, 0.1) is 6.61 Å². The maximum atomic E-state index is 12.7. The minimum Gasteiger partial charge on any atom is -0.492 e. The van der Waals surface area contributed by atoms with Crippen LogP contribution in [0, 0.1) is 5.92 Å². The van der Waals surface area contributed by atoms with E-state index in [0.29, 0.717) is 18.0 Å². The van der Waals surface area contributed by atoms with Gasteiger partial charge in [-0.05, 0) is 38.0 Å². The summed E-state index contributed by atoms with van der Waals surface area (Å²) in [4.78, 5) is 0.120. The number of hydrogen-bond donors (Lipinski definition) is 1. The summed E-state index contributed by atoms with van der Waals surface area (Å²) in [5, 5.41) is 0. The highest BCUT2D eigenvalue weighted by Gasteiger charge is 2.29. The summed E-state index contributed by atoms with van der Waals surface area (Å²) >= 11 is 0. The summed E-state index contributed by atoms with van der Waals surface area (Å²) in [6.45, 7) is 8.07. The van der Waals surface area contributed by atoms with Crippen LogP contribution in [0.1, 0.15) is 27.7 Å². The molecule has 20 heavy (non-hydrogen) atoms. The summed E-state index contributed by atoms with van der Waals surface area (Å²) in [5.41, 5.74) is 6.12. The van der Waals surface area contributed by atoms with Crippen LogP contribution in [0.4, 0.5) is 5.69 Å². The topological polar surface area (TPSA) is 72.6 Å². The molecule has 1 unspecified atom stereocenters. The van der Waals surface area contributed by atoms with Gasteiger partial charge in [0.15, 0.2) is 0 Å². The largest absolute Gasteiger partial charge is 0.492 e. The van der Waals surface area contributed by atoms with E-state index in [-0.39, 0.29) is 16.9 Å². The van der Waals surface area contributed by atoms with Crippen LogP contribution in [0.25, 0.3) is 0 Å². The second-order valence-corrected chi connectivity index (χ2v) is 7.11. The van der Waals surface area contributed by atoms with Gasteiger partial charge in [-0.1, -0.05) is 13.8 Å². The number of rotatable bonds is 6. The molecule has 0 amide bonds. The van der Waals surface area contributed by atoms with E-state index in [1.54, 1.807) is 19.2 Å². The van der Waals surface area contributed by atoms with Crippen LogP contribution in [0.15, 0.2) is 23.1 Å². The molecule has 0 saturated carbocycles. The number of nitrogens with zero attached hydrogens (tertiary/aromatic N) is 1. The van der Waals surface area contributed by atoms with E-state index in [1.165, 1.54) is 10.4 Å². The summed E-state index contributed by atoms with van der Waals surface area (Å²) in [6, 6.07) is 4.57. The first-order chi connectivity index (χ1) is 9.21. The Bertz CT molecular complexity index is 556. The average Bonchev–Trinajstić information content (AvgIpc) is 2.39. The quantitative estimate of drug-likeness (QED) is 0.818. The fourth-order valence-electron chi connectivity index (χ4n) is 1.79. The number of sulfonamides is 1. The van der Waals surface area contributed by atoms with Gasteiger partial charge in [-0.3, -0.25) is 0 Å². The standard InChI is InChI=1S/C14H24N2O3S/c1-6-19-13-8-7-12(15)9-14(13)20(17,18)16(5)11(4)10(2)3/h7-11H,6,15H2,1-5H3. The first-order valence-electron chi connectivity index (χ1n) is 6.72. The Morgan fingerprint density at radius 3 is 2.40 bits per heavy atom. The highest BCUT2D eigenvalue weighted by molar-refractivity contribution is 7.89. The number of benzene rings is 1. The second-order valence-electron chi connectivity index (χ2n) is 5.15. The smallest absolute Gasteiger partial charge is 0.246 e. The van der Waals surface area contributed by atoms with Crippen molar-refractivity contribution in [2.24, 2.45) is 5.92 Å². The molecule has 1 aromatic carbocycles. The number of anilines is 1. The summed E-state index contributed by atoms with van der Waals surface area (Å²) in [6.07, 6.45) is 0. The molecule has 0 bridgehead atoms. The van der Waals surface area contributed by atoms with E-state index in [0.717, 1.165) is 0 Å². The van der Waals surface area contributed by atoms with Crippen molar-refractivity contribution >= 4 is 15.7 Å². The fourth-order valence-corrected chi connectivity index (χ4v) is 3.45. The van der Waals surface area contributed by atoms with Crippen molar-refractivity contribution < 1.29 is 13.2 Å². The normalized spacial score (nSPS) is 13.8. The van der Waals surface area contributed by atoms with E-state index < -0.39 is 10.0 Å². The average molecular weight is 300 g/mol. The molecule has 0 aromatic heterocycles. The van der Waals surface area contributed by atoms with Gasteiger partial charge in [0.2, 0.25) is 10.0 Å². The molecular weight excluding hydrogens is 276 g/mol. The lowest BCUT2D eigenvalue weighted by atomic mass is 10.1. The van der Waals surface area contributed by atoms with Crippen molar-refractivity contribution in [2.75, 3.05) is 19.4 Å². The van der Waals surface area contributed by atoms with Crippen molar-refractivity contribution in [2.45, 2.75) is 38.6 Å². The molecule has 0 saturated heterocycles. The Balaban J connectivity index is 3.30. The molecule has 1 rings (SSSR count). The van der Waals surface area contributed by atoms with Gasteiger partial charge in [0, 0.05) is 18.8 Å². The van der Waals surface area contributed by atoms with Crippen LogP contribution in [0.2, 0.25) is 0 Å². The third-order valence-corrected chi connectivity index (χ3v) is 5.43. The third kappa shape index (κ3) is 3.43. The highest BCUT2D eigenvalue weighted by Crippen LogP contribution is 2.30. The molecule has 5 nitrogen and oxygen atoms in total. The number of nitrogen functional groups attached to an aromatic ring is 1. The first-order valence-corrected chi connectivity index (χ1v) is 8.16. The molecule has 114 valence electrons. The highest BCUT2D eigenvalue weighted by atomic mass is 32.2. The Morgan fingerprint density at radius 2 is 1.90 bits per heavy atom. The van der Waals surface area contributed by atoms with E-state index >= 15 is 0 Å². The molecule has 1 aromatic rings. The van der Waals surface area contributed by atoms with Crippen LogP contribution in [0.3, 0.4) is 0 Å². The van der Waals surface area contributed by atoms with Gasteiger partial charge < -0.3 is 10.5 Å². The van der Waals surface area contributed by atoms with Gasteiger partial charge in [-0.2, -0.15) is 4.31 Å². The SMILES string of the molecule is CCOc1ccc(N)cc1S(=O)(=O)N(C)C(C)C(C)C. The lowest BCUT2D eigenvalue weighted by Crippen LogP contribution is -2.38. The summed E-state index contributed by atoms with van der Waals surface area (Å²) < 4.78 is 32.2. The van der Waals surface area contributed by atoms with Gasteiger partial charge >= 0.3 is 0 Å². The Hall–Kier alpha value is -1.27. The van der Waals surface area contributed by atoms with Crippen LogP contribution >= 0.6 is 0 Å². The first kappa shape index (κ1) is 16.8. The molecule has 6 heteroatoms. The van der Waals surface area contributed by atoms with E-state index in [1.807, 2.05) is 27.7 Å². The third-order valence-electron chi connectivity index (χ3n) is 3.46. The zero-order valence-electron chi connectivity index (χ0n) is 12.8. The Labute approximate surface area is 121 Å². The molecule has 0 spiro atoms. The van der Waals surface area contributed by atoms with Crippen LogP contribution in [-0.2, 0) is 10.0 Å². The van der Waals surface area contributed by atoms with Gasteiger partial charge in [0.25, 0.3) is 0 Å². The van der Waals surface area contributed by atoms with E-state index in [2.05, 4.69) is 0 Å². The van der Waals surface area contributed by atoms with Crippen molar-refractivity contribution in [3.8, 4) is 5.75 Å². The maximum absolute atomic E-state index is 12.7. The second kappa shape index (κ2) is 6.45. The van der Waals surface area contributed by atoms with Crippen LogP contribution in [0.5, 0.6) is 5.75 Å². The molecule has 0 aliphatic rings. The molecule has 2 N–H and O–H groups in total. The molecule has 0 radical (unpaired) electrons. The maximum Gasteiger partial charge on any atom is 0.246 e. The lowest BCUT2D eigenvalue weighted by molar-refractivity contribution is 0.308. The number of ether oxygens (including phenoxy) is 1. The summed E-state index contributed by atoms with van der Waals surface area (Å²) in [5.74, 6) is 0.552. The number of hydrogen-bond acceptors (Lipinski definition) is 4. The van der Waals surface area contributed by atoms with E-state index in [4.69, 9.17) is 10.5 Å². The molecule has 1 atom stereocenters. The van der Waals surface area contributed by atoms with Gasteiger partial charge in [-0.15, -0.1) is 0 Å². The molecule has 0 aliphatic carbocycles. The van der Waals surface area contributed by atoms with Crippen molar-refractivity contribution in [3.05, 3.63) is 18.2 Å². The van der Waals surface area contributed by atoms with Gasteiger partial charge in [-0.25, -0.2) is 8.42 Å². The summed E-state index contributed by atoms with van der Waals surface area (Å²) in [7, 11) is -2.05. The zero-order valence-corrected chi connectivity index (χ0v) is 13.6. The molecule has 0 fully saturated rings. The minimum atomic E-state index is -3.63. The van der Waals surface area contributed by atoms with E-state index in [9.17, 15) is 8.42 Å². The Morgan fingerprint density at radius 1 is 1.30 bits per heavy atom. The van der Waals surface area contributed by atoms with Crippen LogP contribution < -0.4 is 10.5 Å². The molecular formula is C14H24N2O3S. The van der Waals surface area contributed by atoms with Crippen LogP contribution in [-0.4, -0.2) is 32.4 Å². The van der Waals surface area contributed by atoms with Crippen molar-refractivity contribution in [1.82, 2.24) is 4.31 Å². The predicted octanol–water partition coefficient (Wildman–Crippen LogP) is 2.33. The fraction of sp³-hybridized carbons (Fsp3) is 0.571. The van der Waals surface area contributed by atoms with Crippen molar-refractivity contribution in [3.63, 3.8) is 0 Å². The Kier molecular flexibility index (Phi) is 5.42. The minimum absolute atomic E-state index is 0.115. The van der Waals surface area contributed by atoms with Crippen molar-refractivity contribution in [1.29, 1.82) is 0 Å². The molecule has 0 aliphatic heterocycles.